The molecule has 2 atom stereocenters. The number of hydrogen-bond donors (Lipinski definition) is 1. The Balaban J connectivity index is 2.25. The standard InChI is InChI=1S/C13H15ClN2O/c1-9(17)10-5-6-16(8-10)13-4-2-3-12(14)11(13)7-15/h2-4,9-10,17H,5-6,8H2,1H3. The van der Waals surface area contributed by atoms with Crippen molar-refractivity contribution in [3.8, 4) is 6.07 Å². The number of hydrogen-bond acceptors (Lipinski definition) is 3. The minimum absolute atomic E-state index is 0.278. The fourth-order valence-corrected chi connectivity index (χ4v) is 2.50. The highest BCUT2D eigenvalue weighted by molar-refractivity contribution is 6.32. The van der Waals surface area contributed by atoms with Gasteiger partial charge in [0.1, 0.15) is 6.07 Å². The summed E-state index contributed by atoms with van der Waals surface area (Å²) in [7, 11) is 0. The number of aliphatic hydroxyl groups excluding tert-OH is 1. The summed E-state index contributed by atoms with van der Waals surface area (Å²) in [5, 5.41) is 19.2. The molecule has 1 heterocycles. The molecule has 1 aliphatic rings. The Morgan fingerprint density at radius 3 is 2.94 bits per heavy atom. The zero-order chi connectivity index (χ0) is 12.4. The van der Waals surface area contributed by atoms with Gasteiger partial charge in [-0.2, -0.15) is 5.26 Å². The van der Waals surface area contributed by atoms with Crippen LogP contribution in [0.2, 0.25) is 5.02 Å². The molecule has 4 heteroatoms. The third-order valence-corrected chi connectivity index (χ3v) is 3.67. The Kier molecular flexibility index (Phi) is 3.56. The van der Waals surface area contributed by atoms with Crippen LogP contribution in [0.4, 0.5) is 5.69 Å². The van der Waals surface area contributed by atoms with E-state index in [9.17, 15) is 5.11 Å². The third-order valence-electron chi connectivity index (χ3n) is 3.35. The van der Waals surface area contributed by atoms with Crippen molar-refractivity contribution in [1.82, 2.24) is 0 Å². The second-order valence-corrected chi connectivity index (χ2v) is 4.89. The molecule has 90 valence electrons. The molecule has 2 rings (SSSR count). The molecule has 1 saturated heterocycles. The first-order valence-corrected chi connectivity index (χ1v) is 6.13. The first-order valence-electron chi connectivity index (χ1n) is 5.75. The highest BCUT2D eigenvalue weighted by atomic mass is 35.5. The lowest BCUT2D eigenvalue weighted by atomic mass is 10.0. The Morgan fingerprint density at radius 2 is 2.35 bits per heavy atom. The van der Waals surface area contributed by atoms with Gasteiger partial charge in [-0.05, 0) is 25.5 Å². The van der Waals surface area contributed by atoms with Crippen molar-refractivity contribution >= 4 is 17.3 Å². The van der Waals surface area contributed by atoms with E-state index in [2.05, 4.69) is 11.0 Å². The topological polar surface area (TPSA) is 47.3 Å². The Labute approximate surface area is 106 Å². The molecule has 1 aliphatic heterocycles. The lowest BCUT2D eigenvalue weighted by Crippen LogP contribution is -2.24. The molecule has 1 aromatic carbocycles. The van der Waals surface area contributed by atoms with Gasteiger partial charge in [-0.3, -0.25) is 0 Å². The fourth-order valence-electron chi connectivity index (χ4n) is 2.29. The summed E-state index contributed by atoms with van der Waals surface area (Å²) in [6.07, 6.45) is 0.652. The number of benzene rings is 1. The van der Waals surface area contributed by atoms with E-state index < -0.39 is 0 Å². The van der Waals surface area contributed by atoms with Gasteiger partial charge >= 0.3 is 0 Å². The number of aliphatic hydroxyl groups is 1. The van der Waals surface area contributed by atoms with Crippen LogP contribution in [0.1, 0.15) is 18.9 Å². The van der Waals surface area contributed by atoms with E-state index in [-0.39, 0.29) is 12.0 Å². The molecule has 3 nitrogen and oxygen atoms in total. The molecule has 1 fully saturated rings. The van der Waals surface area contributed by atoms with Crippen LogP contribution in [-0.4, -0.2) is 24.3 Å². The van der Waals surface area contributed by atoms with Crippen molar-refractivity contribution in [2.45, 2.75) is 19.4 Å². The molecular weight excluding hydrogens is 236 g/mol. The maximum Gasteiger partial charge on any atom is 0.103 e. The highest BCUT2D eigenvalue weighted by Gasteiger charge is 2.27. The second-order valence-electron chi connectivity index (χ2n) is 4.48. The predicted octanol–water partition coefficient (Wildman–Crippen LogP) is 2.42. The summed E-state index contributed by atoms with van der Waals surface area (Å²) in [6, 6.07) is 7.64. The van der Waals surface area contributed by atoms with Crippen LogP contribution in [0.15, 0.2) is 18.2 Å². The summed E-state index contributed by atoms with van der Waals surface area (Å²) >= 11 is 6.01. The average Bonchev–Trinajstić information content (AvgIpc) is 2.77. The summed E-state index contributed by atoms with van der Waals surface area (Å²) in [4.78, 5) is 2.13. The van der Waals surface area contributed by atoms with Crippen LogP contribution in [-0.2, 0) is 0 Å². The van der Waals surface area contributed by atoms with Gasteiger partial charge in [-0.25, -0.2) is 0 Å². The van der Waals surface area contributed by atoms with Crippen LogP contribution in [0.3, 0.4) is 0 Å². The van der Waals surface area contributed by atoms with Crippen molar-refractivity contribution in [3.05, 3.63) is 28.8 Å². The fraction of sp³-hybridized carbons (Fsp3) is 0.462. The maximum atomic E-state index is 9.58. The SMILES string of the molecule is CC(O)C1CCN(c2cccc(Cl)c2C#N)C1. The number of nitriles is 1. The van der Waals surface area contributed by atoms with E-state index in [1.807, 2.05) is 19.1 Å². The highest BCUT2D eigenvalue weighted by Crippen LogP contribution is 2.31. The van der Waals surface area contributed by atoms with Crippen LogP contribution >= 0.6 is 11.6 Å². The van der Waals surface area contributed by atoms with Gasteiger partial charge in [0, 0.05) is 19.0 Å². The molecule has 17 heavy (non-hydrogen) atoms. The summed E-state index contributed by atoms with van der Waals surface area (Å²) in [5.41, 5.74) is 1.41. The maximum absolute atomic E-state index is 9.58. The summed E-state index contributed by atoms with van der Waals surface area (Å²) in [6.45, 7) is 3.47. The number of rotatable bonds is 2. The van der Waals surface area contributed by atoms with Gasteiger partial charge in [0.2, 0.25) is 0 Å². The summed E-state index contributed by atoms with van der Waals surface area (Å²) < 4.78 is 0. The zero-order valence-corrected chi connectivity index (χ0v) is 10.5. The average molecular weight is 251 g/mol. The van der Waals surface area contributed by atoms with Crippen molar-refractivity contribution < 1.29 is 5.11 Å². The van der Waals surface area contributed by atoms with Crippen molar-refractivity contribution in [1.29, 1.82) is 5.26 Å². The van der Waals surface area contributed by atoms with Gasteiger partial charge in [-0.15, -0.1) is 0 Å². The second kappa shape index (κ2) is 4.95. The summed E-state index contributed by atoms with van der Waals surface area (Å²) in [5.74, 6) is 0.278. The molecule has 0 radical (unpaired) electrons. The van der Waals surface area contributed by atoms with Gasteiger partial charge in [0.15, 0.2) is 0 Å². The third kappa shape index (κ3) is 2.38. The van der Waals surface area contributed by atoms with Crippen molar-refractivity contribution in [3.63, 3.8) is 0 Å². The van der Waals surface area contributed by atoms with Crippen LogP contribution in [0.5, 0.6) is 0 Å². The van der Waals surface area contributed by atoms with Crippen LogP contribution in [0.25, 0.3) is 0 Å². The van der Waals surface area contributed by atoms with E-state index >= 15 is 0 Å². The molecule has 2 unspecified atom stereocenters. The molecule has 0 amide bonds. The van der Waals surface area contributed by atoms with Gasteiger partial charge in [0.25, 0.3) is 0 Å². The smallest absolute Gasteiger partial charge is 0.103 e. The van der Waals surface area contributed by atoms with Crippen LogP contribution < -0.4 is 4.90 Å². The first kappa shape index (κ1) is 12.2. The zero-order valence-electron chi connectivity index (χ0n) is 9.73. The lowest BCUT2D eigenvalue weighted by molar-refractivity contribution is 0.136. The largest absolute Gasteiger partial charge is 0.393 e. The van der Waals surface area contributed by atoms with Gasteiger partial charge in [0.05, 0.1) is 22.4 Å². The van der Waals surface area contributed by atoms with E-state index in [0.717, 1.165) is 25.2 Å². The van der Waals surface area contributed by atoms with E-state index in [1.165, 1.54) is 0 Å². The molecule has 0 bridgehead atoms. The van der Waals surface area contributed by atoms with Crippen molar-refractivity contribution in [2.75, 3.05) is 18.0 Å². The molecular formula is C13H15ClN2O. The quantitative estimate of drug-likeness (QED) is 0.877. The molecule has 1 aromatic rings. The van der Waals surface area contributed by atoms with Gasteiger partial charge < -0.3 is 10.0 Å². The molecule has 0 saturated carbocycles. The number of halogens is 1. The molecule has 1 N–H and O–H groups in total. The van der Waals surface area contributed by atoms with Gasteiger partial charge in [-0.1, -0.05) is 17.7 Å². The normalized spacial score (nSPS) is 21.3. The predicted molar refractivity (Wildman–Crippen MR) is 68.2 cm³/mol. The first-order chi connectivity index (χ1) is 8.13. The van der Waals surface area contributed by atoms with E-state index in [4.69, 9.17) is 16.9 Å². The Morgan fingerprint density at radius 1 is 1.59 bits per heavy atom. The number of nitrogens with zero attached hydrogens (tertiary/aromatic N) is 2. The minimum Gasteiger partial charge on any atom is -0.393 e. The monoisotopic (exact) mass is 250 g/mol. The van der Waals surface area contributed by atoms with Crippen molar-refractivity contribution in [2.24, 2.45) is 5.92 Å². The Bertz CT molecular complexity index is 453. The van der Waals surface area contributed by atoms with E-state index in [1.54, 1.807) is 6.07 Å². The Hall–Kier alpha value is -1.24. The molecule has 0 spiro atoms. The number of anilines is 1. The lowest BCUT2D eigenvalue weighted by Gasteiger charge is -2.21. The van der Waals surface area contributed by atoms with E-state index in [0.29, 0.717) is 10.6 Å². The molecule has 0 aliphatic carbocycles. The minimum atomic E-state index is -0.301. The van der Waals surface area contributed by atoms with Crippen LogP contribution in [0, 0.1) is 17.2 Å². The molecule has 0 aromatic heterocycles.